The zero-order chi connectivity index (χ0) is 14.0. The molecular formula is C17H28N2. The first-order valence-corrected chi connectivity index (χ1v) is 7.46. The second-order valence-corrected chi connectivity index (χ2v) is 6.49. The Kier molecular flexibility index (Phi) is 4.19. The third-order valence-corrected chi connectivity index (χ3v) is 4.74. The van der Waals surface area contributed by atoms with E-state index in [1.807, 2.05) is 0 Å². The third kappa shape index (κ3) is 2.79. The van der Waals surface area contributed by atoms with Gasteiger partial charge in [0.1, 0.15) is 0 Å². The summed E-state index contributed by atoms with van der Waals surface area (Å²) in [6, 6.07) is 6.81. The van der Waals surface area contributed by atoms with Crippen LogP contribution in [0.1, 0.15) is 37.8 Å². The summed E-state index contributed by atoms with van der Waals surface area (Å²) < 4.78 is 0. The van der Waals surface area contributed by atoms with Crippen molar-refractivity contribution in [2.45, 2.75) is 46.1 Å². The van der Waals surface area contributed by atoms with Gasteiger partial charge in [-0.1, -0.05) is 12.1 Å². The lowest BCUT2D eigenvalue weighted by molar-refractivity contribution is 0.234. The molecule has 1 aromatic carbocycles. The van der Waals surface area contributed by atoms with Gasteiger partial charge in [-0.15, -0.1) is 0 Å². The molecule has 0 aliphatic carbocycles. The Bertz CT molecular complexity index is 435. The zero-order valence-corrected chi connectivity index (χ0v) is 13.1. The van der Waals surface area contributed by atoms with E-state index in [0.29, 0.717) is 5.92 Å². The van der Waals surface area contributed by atoms with E-state index in [4.69, 9.17) is 0 Å². The zero-order valence-electron chi connectivity index (χ0n) is 13.1. The number of rotatable bonds is 3. The van der Waals surface area contributed by atoms with Crippen molar-refractivity contribution in [1.29, 1.82) is 0 Å². The lowest BCUT2D eigenvalue weighted by Crippen LogP contribution is -2.56. The molecule has 0 saturated carbocycles. The molecule has 0 aromatic heterocycles. The Hall–Kier alpha value is -1.02. The van der Waals surface area contributed by atoms with Crippen LogP contribution in [0.15, 0.2) is 18.2 Å². The van der Waals surface area contributed by atoms with Crippen LogP contribution in [0.4, 0.5) is 5.69 Å². The number of anilines is 1. The molecule has 2 heteroatoms. The van der Waals surface area contributed by atoms with Crippen molar-refractivity contribution in [1.82, 2.24) is 5.32 Å². The second kappa shape index (κ2) is 5.54. The van der Waals surface area contributed by atoms with Crippen LogP contribution in [-0.2, 0) is 0 Å². The number of nitrogens with one attached hydrogen (secondary N) is 1. The van der Waals surface area contributed by atoms with E-state index in [1.54, 1.807) is 0 Å². The van der Waals surface area contributed by atoms with Crippen LogP contribution in [0.25, 0.3) is 0 Å². The molecule has 1 aliphatic heterocycles. The van der Waals surface area contributed by atoms with Gasteiger partial charge in [0.05, 0.1) is 0 Å². The lowest BCUT2D eigenvalue weighted by atomic mass is 9.78. The maximum atomic E-state index is 3.36. The second-order valence-electron chi connectivity index (χ2n) is 6.49. The molecule has 1 saturated heterocycles. The predicted molar refractivity (Wildman–Crippen MR) is 84.0 cm³/mol. The SMILES string of the molecule is CNCC1CCCN(c2cc(C)ccc2C)C1(C)C. The van der Waals surface area contributed by atoms with E-state index in [-0.39, 0.29) is 5.54 Å². The molecule has 1 heterocycles. The van der Waals surface area contributed by atoms with Crippen LogP contribution in [-0.4, -0.2) is 25.7 Å². The summed E-state index contributed by atoms with van der Waals surface area (Å²) in [5, 5.41) is 3.36. The van der Waals surface area contributed by atoms with Gasteiger partial charge < -0.3 is 10.2 Å². The molecule has 1 atom stereocenters. The van der Waals surface area contributed by atoms with E-state index in [0.717, 1.165) is 6.54 Å². The molecule has 0 spiro atoms. The minimum Gasteiger partial charge on any atom is -0.366 e. The molecular weight excluding hydrogens is 232 g/mol. The van der Waals surface area contributed by atoms with E-state index in [9.17, 15) is 0 Å². The molecule has 1 N–H and O–H groups in total. The maximum Gasteiger partial charge on any atom is 0.0403 e. The molecule has 106 valence electrons. The lowest BCUT2D eigenvalue weighted by Gasteiger charge is -2.50. The van der Waals surface area contributed by atoms with Crippen molar-refractivity contribution in [2.75, 3.05) is 25.0 Å². The third-order valence-electron chi connectivity index (χ3n) is 4.74. The van der Waals surface area contributed by atoms with Gasteiger partial charge in [0, 0.05) is 17.8 Å². The van der Waals surface area contributed by atoms with Crippen molar-refractivity contribution in [3.05, 3.63) is 29.3 Å². The maximum absolute atomic E-state index is 3.36. The topological polar surface area (TPSA) is 15.3 Å². The van der Waals surface area contributed by atoms with Crippen molar-refractivity contribution >= 4 is 5.69 Å². The number of piperidine rings is 1. The van der Waals surface area contributed by atoms with Gasteiger partial charge in [0.2, 0.25) is 0 Å². The highest BCUT2D eigenvalue weighted by atomic mass is 15.2. The molecule has 0 bridgehead atoms. The summed E-state index contributed by atoms with van der Waals surface area (Å²) in [6.07, 6.45) is 2.62. The molecule has 1 aromatic rings. The standard InChI is InChI=1S/C17H28N2/c1-13-8-9-14(2)16(11-13)19-10-6-7-15(12-18-5)17(19,3)4/h8-9,11,15,18H,6-7,10,12H2,1-5H3. The molecule has 2 nitrogen and oxygen atoms in total. The van der Waals surface area contributed by atoms with E-state index >= 15 is 0 Å². The Morgan fingerprint density at radius 1 is 1.32 bits per heavy atom. The highest BCUT2D eigenvalue weighted by Gasteiger charge is 2.38. The fourth-order valence-corrected chi connectivity index (χ4v) is 3.40. The number of benzene rings is 1. The van der Waals surface area contributed by atoms with Gasteiger partial charge >= 0.3 is 0 Å². The van der Waals surface area contributed by atoms with Crippen LogP contribution in [0.5, 0.6) is 0 Å². The summed E-state index contributed by atoms with van der Waals surface area (Å²) in [5.74, 6) is 0.714. The Labute approximate surface area is 118 Å². The Morgan fingerprint density at radius 3 is 2.74 bits per heavy atom. The van der Waals surface area contributed by atoms with E-state index in [1.165, 1.54) is 36.2 Å². The van der Waals surface area contributed by atoms with Crippen LogP contribution < -0.4 is 10.2 Å². The van der Waals surface area contributed by atoms with Crippen LogP contribution in [0.3, 0.4) is 0 Å². The van der Waals surface area contributed by atoms with Crippen LogP contribution in [0, 0.1) is 19.8 Å². The summed E-state index contributed by atoms with van der Waals surface area (Å²) in [7, 11) is 2.06. The summed E-state index contributed by atoms with van der Waals surface area (Å²) >= 11 is 0. The van der Waals surface area contributed by atoms with Gasteiger partial charge in [0.15, 0.2) is 0 Å². The highest BCUT2D eigenvalue weighted by Crippen LogP contribution is 2.38. The molecule has 1 fully saturated rings. The van der Waals surface area contributed by atoms with Crippen LogP contribution in [0.2, 0.25) is 0 Å². The van der Waals surface area contributed by atoms with Gasteiger partial charge in [-0.05, 0) is 77.2 Å². The minimum atomic E-state index is 0.222. The van der Waals surface area contributed by atoms with E-state index in [2.05, 4.69) is 63.2 Å². The largest absolute Gasteiger partial charge is 0.366 e. The summed E-state index contributed by atoms with van der Waals surface area (Å²) in [4.78, 5) is 2.63. The number of aryl methyl sites for hydroxylation is 2. The molecule has 0 radical (unpaired) electrons. The number of nitrogens with zero attached hydrogens (tertiary/aromatic N) is 1. The molecule has 1 unspecified atom stereocenters. The van der Waals surface area contributed by atoms with Gasteiger partial charge in [-0.3, -0.25) is 0 Å². The first-order valence-electron chi connectivity index (χ1n) is 7.46. The fourth-order valence-electron chi connectivity index (χ4n) is 3.40. The fraction of sp³-hybridized carbons (Fsp3) is 0.647. The molecule has 2 rings (SSSR count). The van der Waals surface area contributed by atoms with Gasteiger partial charge in [0.25, 0.3) is 0 Å². The quantitative estimate of drug-likeness (QED) is 0.894. The monoisotopic (exact) mass is 260 g/mol. The van der Waals surface area contributed by atoms with Gasteiger partial charge in [-0.25, -0.2) is 0 Å². The normalized spacial score (nSPS) is 22.6. The van der Waals surface area contributed by atoms with Gasteiger partial charge in [-0.2, -0.15) is 0 Å². The van der Waals surface area contributed by atoms with Crippen LogP contribution >= 0.6 is 0 Å². The molecule has 1 aliphatic rings. The minimum absolute atomic E-state index is 0.222. The van der Waals surface area contributed by atoms with Crippen molar-refractivity contribution in [2.24, 2.45) is 5.92 Å². The number of hydrogen-bond donors (Lipinski definition) is 1. The average molecular weight is 260 g/mol. The highest BCUT2D eigenvalue weighted by molar-refractivity contribution is 5.57. The van der Waals surface area contributed by atoms with Crippen molar-refractivity contribution < 1.29 is 0 Å². The van der Waals surface area contributed by atoms with Crippen molar-refractivity contribution in [3.8, 4) is 0 Å². The first kappa shape index (κ1) is 14.4. The summed E-state index contributed by atoms with van der Waals surface area (Å²) in [5.41, 5.74) is 4.39. The number of hydrogen-bond acceptors (Lipinski definition) is 2. The van der Waals surface area contributed by atoms with Crippen molar-refractivity contribution in [3.63, 3.8) is 0 Å². The molecule has 19 heavy (non-hydrogen) atoms. The summed E-state index contributed by atoms with van der Waals surface area (Å²) in [6.45, 7) is 11.5. The Morgan fingerprint density at radius 2 is 2.05 bits per heavy atom. The smallest absolute Gasteiger partial charge is 0.0403 e. The average Bonchev–Trinajstić information content (AvgIpc) is 2.35. The first-order chi connectivity index (χ1) is 8.96. The Balaban J connectivity index is 2.34. The van der Waals surface area contributed by atoms with E-state index < -0.39 is 0 Å². The predicted octanol–water partition coefficient (Wildman–Crippen LogP) is 3.52. The molecule has 0 amide bonds.